The van der Waals surface area contributed by atoms with E-state index < -0.39 is 0 Å². The number of nitrogens with zero attached hydrogens (tertiary/aromatic N) is 1. The molecule has 1 aromatic carbocycles. The van der Waals surface area contributed by atoms with Gasteiger partial charge in [0.15, 0.2) is 0 Å². The third kappa shape index (κ3) is 20.2. The summed E-state index contributed by atoms with van der Waals surface area (Å²) in [5, 5.41) is 0. The first kappa shape index (κ1) is 27.5. The molecule has 0 bridgehead atoms. The second-order valence-corrected chi connectivity index (χ2v) is 8.38. The number of benzene rings is 1. The van der Waals surface area contributed by atoms with Crippen LogP contribution in [0.15, 0.2) is 30.3 Å². The summed E-state index contributed by atoms with van der Waals surface area (Å²) in [4.78, 5) is 2.42. The van der Waals surface area contributed by atoms with Crippen LogP contribution < -0.4 is 0 Å². The Morgan fingerprint density at radius 1 is 0.643 bits per heavy atom. The van der Waals surface area contributed by atoms with E-state index >= 15 is 0 Å². The van der Waals surface area contributed by atoms with Gasteiger partial charge < -0.3 is 4.90 Å². The third-order valence-electron chi connectivity index (χ3n) is 5.43. The van der Waals surface area contributed by atoms with Gasteiger partial charge in [-0.25, -0.2) is 0 Å². The Balaban J connectivity index is 0.000000749. The van der Waals surface area contributed by atoms with Gasteiger partial charge in [0.2, 0.25) is 0 Å². The van der Waals surface area contributed by atoms with Crippen LogP contribution in [0.5, 0.6) is 0 Å². The van der Waals surface area contributed by atoms with Crippen LogP contribution in [0, 0.1) is 0 Å². The SMILES string of the molecule is CCCCCCCCCCCCCCCCN(C)CC.ClCc1ccccc1. The molecule has 0 aliphatic heterocycles. The fraction of sp³-hybridized carbons (Fsp3) is 0.769. The topological polar surface area (TPSA) is 3.24 Å². The number of hydrogen-bond acceptors (Lipinski definition) is 1. The zero-order chi connectivity index (χ0) is 20.7. The van der Waals surface area contributed by atoms with Crippen LogP contribution in [0.2, 0.25) is 0 Å². The summed E-state index contributed by atoms with van der Waals surface area (Å²) >= 11 is 5.53. The highest BCUT2D eigenvalue weighted by atomic mass is 35.5. The molecule has 0 fully saturated rings. The molecule has 0 atom stereocenters. The number of rotatable bonds is 17. The van der Waals surface area contributed by atoms with E-state index in [-0.39, 0.29) is 0 Å². The first-order valence-corrected chi connectivity index (χ1v) is 12.6. The van der Waals surface area contributed by atoms with Crippen LogP contribution in [0.25, 0.3) is 0 Å². The first-order valence-electron chi connectivity index (χ1n) is 12.0. The summed E-state index contributed by atoms with van der Waals surface area (Å²) in [5.41, 5.74) is 1.18. The third-order valence-corrected chi connectivity index (χ3v) is 5.74. The zero-order valence-corrected chi connectivity index (χ0v) is 20.0. The fourth-order valence-electron chi connectivity index (χ4n) is 3.30. The Morgan fingerprint density at radius 3 is 1.43 bits per heavy atom. The average molecular weight is 410 g/mol. The Labute approximate surface area is 182 Å². The Kier molecular flexibility index (Phi) is 22.3. The monoisotopic (exact) mass is 409 g/mol. The molecular formula is C26H48ClN. The highest BCUT2D eigenvalue weighted by Crippen LogP contribution is 2.13. The van der Waals surface area contributed by atoms with Crippen molar-refractivity contribution < 1.29 is 0 Å². The molecule has 0 amide bonds. The molecule has 0 spiro atoms. The molecule has 0 aliphatic rings. The average Bonchev–Trinajstić information content (AvgIpc) is 2.74. The van der Waals surface area contributed by atoms with Crippen LogP contribution in [0.1, 0.15) is 109 Å². The van der Waals surface area contributed by atoms with Crippen molar-refractivity contribution in [1.29, 1.82) is 0 Å². The lowest BCUT2D eigenvalue weighted by Crippen LogP contribution is -2.18. The molecule has 0 radical (unpaired) electrons. The van der Waals surface area contributed by atoms with Gasteiger partial charge in [-0.15, -0.1) is 11.6 Å². The maximum absolute atomic E-state index is 5.53. The van der Waals surface area contributed by atoms with E-state index in [0.29, 0.717) is 5.88 Å². The largest absolute Gasteiger partial charge is 0.307 e. The van der Waals surface area contributed by atoms with Gasteiger partial charge in [-0.3, -0.25) is 0 Å². The van der Waals surface area contributed by atoms with E-state index in [0.717, 1.165) is 0 Å². The van der Waals surface area contributed by atoms with Crippen molar-refractivity contribution in [3.8, 4) is 0 Å². The number of halogens is 1. The zero-order valence-electron chi connectivity index (χ0n) is 19.2. The maximum atomic E-state index is 5.53. The second-order valence-electron chi connectivity index (χ2n) is 8.11. The van der Waals surface area contributed by atoms with E-state index in [1.165, 1.54) is 109 Å². The maximum Gasteiger partial charge on any atom is 0.0474 e. The van der Waals surface area contributed by atoms with E-state index in [2.05, 4.69) is 25.8 Å². The van der Waals surface area contributed by atoms with Gasteiger partial charge in [0.1, 0.15) is 0 Å². The van der Waals surface area contributed by atoms with E-state index in [4.69, 9.17) is 11.6 Å². The van der Waals surface area contributed by atoms with Gasteiger partial charge in [-0.05, 0) is 32.1 Å². The van der Waals surface area contributed by atoms with Gasteiger partial charge in [0.25, 0.3) is 0 Å². The van der Waals surface area contributed by atoms with Crippen molar-refractivity contribution >= 4 is 11.6 Å². The standard InChI is InChI=1S/C19H41N.C7H7Cl/c1-4-6-7-8-9-10-11-12-13-14-15-16-17-18-19-20(3)5-2;8-6-7-4-2-1-3-5-7/h4-19H2,1-3H3;1-5H,6H2. The lowest BCUT2D eigenvalue weighted by Gasteiger charge is -2.12. The highest BCUT2D eigenvalue weighted by molar-refractivity contribution is 6.17. The van der Waals surface area contributed by atoms with Crippen molar-refractivity contribution in [3.05, 3.63) is 35.9 Å². The molecule has 28 heavy (non-hydrogen) atoms. The van der Waals surface area contributed by atoms with Crippen LogP contribution >= 0.6 is 11.6 Å². The first-order chi connectivity index (χ1) is 13.7. The van der Waals surface area contributed by atoms with E-state index in [1.54, 1.807) is 0 Å². The predicted molar refractivity (Wildman–Crippen MR) is 129 cm³/mol. The van der Waals surface area contributed by atoms with Gasteiger partial charge >= 0.3 is 0 Å². The lowest BCUT2D eigenvalue weighted by molar-refractivity contribution is 0.340. The lowest BCUT2D eigenvalue weighted by atomic mass is 10.0. The van der Waals surface area contributed by atoms with Gasteiger partial charge in [0.05, 0.1) is 0 Å². The molecule has 0 N–H and O–H groups in total. The smallest absolute Gasteiger partial charge is 0.0474 e. The van der Waals surface area contributed by atoms with Crippen molar-refractivity contribution in [2.75, 3.05) is 20.1 Å². The highest BCUT2D eigenvalue weighted by Gasteiger charge is 1.96. The van der Waals surface area contributed by atoms with Crippen LogP contribution in [0.3, 0.4) is 0 Å². The summed E-state index contributed by atoms with van der Waals surface area (Å²) in [7, 11) is 2.22. The van der Waals surface area contributed by atoms with Gasteiger partial charge in [0, 0.05) is 5.88 Å². The molecule has 1 rings (SSSR count). The molecule has 0 aliphatic carbocycles. The number of hydrogen-bond donors (Lipinski definition) is 0. The van der Waals surface area contributed by atoms with Crippen molar-refractivity contribution in [2.24, 2.45) is 0 Å². The molecular weight excluding hydrogens is 362 g/mol. The fourth-order valence-corrected chi connectivity index (χ4v) is 3.48. The summed E-state index contributed by atoms with van der Waals surface area (Å²) in [6, 6.07) is 9.96. The van der Waals surface area contributed by atoms with Crippen LogP contribution in [-0.2, 0) is 5.88 Å². The van der Waals surface area contributed by atoms with Gasteiger partial charge in [-0.1, -0.05) is 128 Å². The molecule has 0 aromatic heterocycles. The van der Waals surface area contributed by atoms with Crippen molar-refractivity contribution in [3.63, 3.8) is 0 Å². The van der Waals surface area contributed by atoms with E-state index in [9.17, 15) is 0 Å². The molecule has 0 saturated carbocycles. The predicted octanol–water partition coefficient (Wildman–Crippen LogP) is 8.84. The van der Waals surface area contributed by atoms with E-state index in [1.807, 2.05) is 30.3 Å². The number of alkyl halides is 1. The second kappa shape index (κ2) is 22.8. The minimum atomic E-state index is 0.612. The van der Waals surface area contributed by atoms with Gasteiger partial charge in [-0.2, -0.15) is 0 Å². The summed E-state index contributed by atoms with van der Waals surface area (Å²) in [6.07, 6.45) is 20.3. The molecule has 0 unspecified atom stereocenters. The molecule has 0 saturated heterocycles. The minimum absolute atomic E-state index is 0.612. The molecule has 1 aromatic rings. The Morgan fingerprint density at radius 2 is 1.07 bits per heavy atom. The van der Waals surface area contributed by atoms with Crippen molar-refractivity contribution in [1.82, 2.24) is 4.90 Å². The quantitative estimate of drug-likeness (QED) is 0.183. The van der Waals surface area contributed by atoms with Crippen LogP contribution in [0.4, 0.5) is 0 Å². The molecule has 0 heterocycles. The molecule has 164 valence electrons. The van der Waals surface area contributed by atoms with Crippen LogP contribution in [-0.4, -0.2) is 25.0 Å². The summed E-state index contributed by atoms with van der Waals surface area (Å²) in [5.74, 6) is 0.612. The summed E-state index contributed by atoms with van der Waals surface area (Å²) in [6.45, 7) is 7.01. The normalized spacial score (nSPS) is 10.8. The minimum Gasteiger partial charge on any atom is -0.307 e. The number of unbranched alkanes of at least 4 members (excludes halogenated alkanes) is 13. The van der Waals surface area contributed by atoms with Crippen molar-refractivity contribution in [2.45, 2.75) is 110 Å². The molecule has 1 nitrogen and oxygen atoms in total. The Bertz CT molecular complexity index is 393. The summed E-state index contributed by atoms with van der Waals surface area (Å²) < 4.78 is 0. The Hall–Kier alpha value is -0.530. The molecule has 2 heteroatoms.